The second-order valence-corrected chi connectivity index (χ2v) is 5.58. The quantitative estimate of drug-likeness (QED) is 0.706. The molecule has 0 aliphatic carbocycles. The van der Waals surface area contributed by atoms with Gasteiger partial charge in [-0.25, -0.2) is 4.98 Å². The van der Waals surface area contributed by atoms with E-state index < -0.39 is 0 Å². The van der Waals surface area contributed by atoms with Crippen molar-refractivity contribution in [2.24, 2.45) is 5.73 Å². The van der Waals surface area contributed by atoms with E-state index in [0.29, 0.717) is 24.1 Å². The van der Waals surface area contributed by atoms with E-state index in [1.165, 1.54) is 0 Å². The first-order valence-electron chi connectivity index (χ1n) is 7.38. The molecule has 0 radical (unpaired) electrons. The van der Waals surface area contributed by atoms with Gasteiger partial charge in [-0.05, 0) is 28.8 Å². The number of aromatic nitrogens is 1. The lowest BCUT2D eigenvalue weighted by Crippen LogP contribution is -1.98. The molecule has 3 rings (SSSR count). The standard InChI is InChI=1S/C19H17ClN2O.ClH/c20-18-10-15(6-7-16(18)11-21)17-8-9-19(22-12-17)23-13-14-4-2-1-3-5-14;/h1-10,12H,11,13,21H2;1H. The largest absolute Gasteiger partial charge is 0.473 e. The summed E-state index contributed by atoms with van der Waals surface area (Å²) in [6.45, 7) is 0.938. The summed E-state index contributed by atoms with van der Waals surface area (Å²) in [4.78, 5) is 4.35. The maximum atomic E-state index is 6.20. The van der Waals surface area contributed by atoms with Gasteiger partial charge in [0.25, 0.3) is 0 Å². The molecule has 0 atom stereocenters. The third-order valence-electron chi connectivity index (χ3n) is 3.57. The molecule has 0 saturated heterocycles. The predicted molar refractivity (Wildman–Crippen MR) is 101 cm³/mol. The van der Waals surface area contributed by atoms with Crippen molar-refractivity contribution in [2.45, 2.75) is 13.2 Å². The van der Waals surface area contributed by atoms with Crippen molar-refractivity contribution in [3.05, 3.63) is 83.0 Å². The van der Waals surface area contributed by atoms with Crippen LogP contribution in [0.3, 0.4) is 0 Å². The number of halogens is 2. The number of pyridine rings is 1. The molecular weight excluding hydrogens is 343 g/mol. The summed E-state index contributed by atoms with van der Waals surface area (Å²) in [6.07, 6.45) is 1.79. The van der Waals surface area contributed by atoms with E-state index in [0.717, 1.165) is 22.3 Å². The first kappa shape index (κ1) is 18.3. The number of rotatable bonds is 5. The molecule has 124 valence electrons. The number of nitrogens with zero attached hydrogens (tertiary/aromatic N) is 1. The molecule has 2 aromatic carbocycles. The van der Waals surface area contributed by atoms with E-state index in [2.05, 4.69) is 4.98 Å². The van der Waals surface area contributed by atoms with Gasteiger partial charge in [0.15, 0.2) is 0 Å². The molecule has 0 saturated carbocycles. The Bertz CT molecular complexity index is 777. The molecule has 0 unspecified atom stereocenters. The zero-order valence-electron chi connectivity index (χ0n) is 13.0. The van der Waals surface area contributed by atoms with Gasteiger partial charge in [-0.3, -0.25) is 0 Å². The molecule has 3 nitrogen and oxygen atoms in total. The summed E-state index contributed by atoms with van der Waals surface area (Å²) in [5, 5.41) is 0.675. The van der Waals surface area contributed by atoms with Crippen molar-refractivity contribution < 1.29 is 4.74 Å². The lowest BCUT2D eigenvalue weighted by atomic mass is 10.1. The zero-order valence-corrected chi connectivity index (χ0v) is 14.6. The van der Waals surface area contributed by atoms with Gasteiger partial charge in [-0.15, -0.1) is 12.4 Å². The molecule has 5 heteroatoms. The van der Waals surface area contributed by atoms with Crippen LogP contribution in [0.15, 0.2) is 66.9 Å². The van der Waals surface area contributed by atoms with Crippen LogP contribution in [0.1, 0.15) is 11.1 Å². The Morgan fingerprint density at radius 1 is 0.958 bits per heavy atom. The first-order chi connectivity index (χ1) is 11.3. The van der Waals surface area contributed by atoms with Gasteiger partial charge in [0.05, 0.1) is 0 Å². The SMILES string of the molecule is Cl.NCc1ccc(-c2ccc(OCc3ccccc3)nc2)cc1Cl. The molecule has 1 aromatic heterocycles. The summed E-state index contributed by atoms with van der Waals surface area (Å²) >= 11 is 6.20. The first-order valence-corrected chi connectivity index (χ1v) is 7.75. The van der Waals surface area contributed by atoms with Gasteiger partial charge in [-0.2, -0.15) is 0 Å². The van der Waals surface area contributed by atoms with Crippen LogP contribution in [-0.2, 0) is 13.2 Å². The van der Waals surface area contributed by atoms with Gasteiger partial charge in [0, 0.05) is 29.4 Å². The molecule has 0 spiro atoms. The number of hydrogen-bond donors (Lipinski definition) is 1. The minimum atomic E-state index is 0. The molecular formula is C19H18Cl2N2O. The van der Waals surface area contributed by atoms with E-state index >= 15 is 0 Å². The monoisotopic (exact) mass is 360 g/mol. The van der Waals surface area contributed by atoms with Crippen molar-refractivity contribution in [3.8, 4) is 17.0 Å². The molecule has 24 heavy (non-hydrogen) atoms. The fourth-order valence-electron chi connectivity index (χ4n) is 2.26. The van der Waals surface area contributed by atoms with Crippen LogP contribution in [0.5, 0.6) is 5.88 Å². The maximum absolute atomic E-state index is 6.20. The third kappa shape index (κ3) is 4.48. The summed E-state index contributed by atoms with van der Waals surface area (Å²) in [6, 6.07) is 19.7. The van der Waals surface area contributed by atoms with Gasteiger partial charge in [0.2, 0.25) is 5.88 Å². The van der Waals surface area contributed by atoms with Crippen LogP contribution < -0.4 is 10.5 Å². The van der Waals surface area contributed by atoms with Crippen LogP contribution in [0, 0.1) is 0 Å². The number of nitrogens with two attached hydrogens (primary N) is 1. The average molecular weight is 361 g/mol. The van der Waals surface area contributed by atoms with E-state index in [1.54, 1.807) is 6.20 Å². The summed E-state index contributed by atoms with van der Waals surface area (Å²) in [7, 11) is 0. The van der Waals surface area contributed by atoms with E-state index in [1.807, 2.05) is 60.7 Å². The van der Waals surface area contributed by atoms with Crippen LogP contribution in [-0.4, -0.2) is 4.98 Å². The number of hydrogen-bond acceptors (Lipinski definition) is 3. The third-order valence-corrected chi connectivity index (χ3v) is 3.92. The zero-order chi connectivity index (χ0) is 16.1. The average Bonchev–Trinajstić information content (AvgIpc) is 2.61. The lowest BCUT2D eigenvalue weighted by Gasteiger charge is -2.08. The molecule has 0 bridgehead atoms. The molecule has 0 amide bonds. The smallest absolute Gasteiger partial charge is 0.213 e. The highest BCUT2D eigenvalue weighted by Crippen LogP contribution is 2.26. The van der Waals surface area contributed by atoms with E-state index in [-0.39, 0.29) is 12.4 Å². The second kappa shape index (κ2) is 8.69. The summed E-state index contributed by atoms with van der Waals surface area (Å²) < 4.78 is 5.69. The van der Waals surface area contributed by atoms with Crippen molar-refractivity contribution >= 4 is 24.0 Å². The molecule has 1 heterocycles. The van der Waals surface area contributed by atoms with Crippen LogP contribution in [0.25, 0.3) is 11.1 Å². The summed E-state index contributed by atoms with van der Waals surface area (Å²) in [5.41, 5.74) is 9.67. The van der Waals surface area contributed by atoms with Crippen LogP contribution in [0.4, 0.5) is 0 Å². The molecule has 0 fully saturated rings. The Kier molecular flexibility index (Phi) is 6.62. The Labute approximate surface area is 152 Å². The lowest BCUT2D eigenvalue weighted by molar-refractivity contribution is 0.294. The highest BCUT2D eigenvalue weighted by Gasteiger charge is 2.04. The highest BCUT2D eigenvalue weighted by atomic mass is 35.5. The maximum Gasteiger partial charge on any atom is 0.213 e. The topological polar surface area (TPSA) is 48.1 Å². The van der Waals surface area contributed by atoms with Crippen molar-refractivity contribution in [3.63, 3.8) is 0 Å². The van der Waals surface area contributed by atoms with Gasteiger partial charge in [0.1, 0.15) is 6.61 Å². The fourth-order valence-corrected chi connectivity index (χ4v) is 2.52. The molecule has 0 aliphatic rings. The normalized spacial score (nSPS) is 10.1. The molecule has 0 aliphatic heterocycles. The Hall–Kier alpha value is -2.07. The van der Waals surface area contributed by atoms with Gasteiger partial charge < -0.3 is 10.5 Å². The molecule has 3 aromatic rings. The minimum Gasteiger partial charge on any atom is -0.473 e. The predicted octanol–water partition coefficient (Wildman–Crippen LogP) is 4.86. The van der Waals surface area contributed by atoms with Crippen LogP contribution >= 0.6 is 24.0 Å². The second-order valence-electron chi connectivity index (χ2n) is 5.17. The van der Waals surface area contributed by atoms with E-state index in [4.69, 9.17) is 22.1 Å². The number of benzene rings is 2. The minimum absolute atomic E-state index is 0. The fraction of sp³-hybridized carbons (Fsp3) is 0.105. The van der Waals surface area contributed by atoms with Crippen molar-refractivity contribution in [1.82, 2.24) is 4.98 Å². The highest BCUT2D eigenvalue weighted by molar-refractivity contribution is 6.31. The van der Waals surface area contributed by atoms with Gasteiger partial charge in [-0.1, -0.05) is 54.1 Å². The Morgan fingerprint density at radius 3 is 2.33 bits per heavy atom. The van der Waals surface area contributed by atoms with Gasteiger partial charge >= 0.3 is 0 Å². The van der Waals surface area contributed by atoms with Crippen molar-refractivity contribution in [1.29, 1.82) is 0 Å². The Morgan fingerprint density at radius 2 is 1.71 bits per heavy atom. The summed E-state index contributed by atoms with van der Waals surface area (Å²) in [5.74, 6) is 0.599. The Balaban J connectivity index is 0.00000208. The van der Waals surface area contributed by atoms with Crippen molar-refractivity contribution in [2.75, 3.05) is 0 Å². The number of ether oxygens (including phenoxy) is 1. The van der Waals surface area contributed by atoms with E-state index in [9.17, 15) is 0 Å². The molecule has 2 N–H and O–H groups in total. The van der Waals surface area contributed by atoms with Crippen LogP contribution in [0.2, 0.25) is 5.02 Å².